The molecule has 0 amide bonds. The third-order valence-electron chi connectivity index (χ3n) is 2.55. The summed E-state index contributed by atoms with van der Waals surface area (Å²) in [5.74, 6) is 0.566. The zero-order valence-corrected chi connectivity index (χ0v) is 13.1. The van der Waals surface area contributed by atoms with Crippen LogP contribution in [0.15, 0.2) is 18.3 Å². The first-order chi connectivity index (χ1) is 9.85. The van der Waals surface area contributed by atoms with Crippen LogP contribution in [0.3, 0.4) is 0 Å². The molecule has 0 aliphatic carbocycles. The lowest BCUT2D eigenvalue weighted by Gasteiger charge is -2.07. The number of hydrogen-bond acceptors (Lipinski definition) is 5. The van der Waals surface area contributed by atoms with E-state index < -0.39 is 10.2 Å². The fourth-order valence-corrected chi connectivity index (χ4v) is 2.36. The molecule has 114 valence electrons. The average molecular weight is 350 g/mol. The Labute approximate surface area is 132 Å². The van der Waals surface area contributed by atoms with Crippen molar-refractivity contribution >= 4 is 50.3 Å². The standard InChI is InChI=1S/C11H13Cl2N5O2S/c12-7-4-9-10(5-8(7)13)18-11(6-16-9)15-2-1-3-17-21(14,19)20/h4-6,17H,1-3H2,(H,15,18)(H2,14,19,20). The summed E-state index contributed by atoms with van der Waals surface area (Å²) < 4.78 is 23.5. The van der Waals surface area contributed by atoms with Gasteiger partial charge < -0.3 is 5.32 Å². The van der Waals surface area contributed by atoms with E-state index in [0.29, 0.717) is 39.9 Å². The monoisotopic (exact) mass is 349 g/mol. The molecule has 2 aromatic rings. The van der Waals surface area contributed by atoms with Gasteiger partial charge in [-0.1, -0.05) is 23.2 Å². The molecule has 0 spiro atoms. The van der Waals surface area contributed by atoms with E-state index in [1.54, 1.807) is 18.3 Å². The van der Waals surface area contributed by atoms with E-state index in [0.717, 1.165) is 0 Å². The molecule has 1 aromatic carbocycles. The van der Waals surface area contributed by atoms with E-state index >= 15 is 0 Å². The van der Waals surface area contributed by atoms with Crippen LogP contribution in [-0.4, -0.2) is 31.5 Å². The maximum atomic E-state index is 10.7. The molecular formula is C11H13Cl2N5O2S. The summed E-state index contributed by atoms with van der Waals surface area (Å²) in [5.41, 5.74) is 1.27. The van der Waals surface area contributed by atoms with Gasteiger partial charge in [-0.15, -0.1) is 0 Å². The van der Waals surface area contributed by atoms with Gasteiger partial charge in [-0.3, -0.25) is 4.98 Å². The Hall–Kier alpha value is -1.19. The van der Waals surface area contributed by atoms with Gasteiger partial charge in [0.25, 0.3) is 10.2 Å². The van der Waals surface area contributed by atoms with Gasteiger partial charge in [0.2, 0.25) is 0 Å². The number of benzene rings is 1. The number of hydrogen-bond donors (Lipinski definition) is 3. The predicted molar refractivity (Wildman–Crippen MR) is 83.8 cm³/mol. The van der Waals surface area contributed by atoms with Crippen molar-refractivity contribution in [1.29, 1.82) is 0 Å². The van der Waals surface area contributed by atoms with E-state index in [4.69, 9.17) is 28.3 Å². The van der Waals surface area contributed by atoms with Gasteiger partial charge in [0.05, 0.1) is 27.3 Å². The number of fused-ring (bicyclic) bond motifs is 1. The smallest absolute Gasteiger partial charge is 0.274 e. The maximum absolute atomic E-state index is 10.7. The van der Waals surface area contributed by atoms with Crippen LogP contribution < -0.4 is 15.2 Å². The van der Waals surface area contributed by atoms with Crippen molar-refractivity contribution in [2.24, 2.45) is 5.14 Å². The summed E-state index contributed by atoms with van der Waals surface area (Å²) in [4.78, 5) is 8.57. The molecule has 0 bridgehead atoms. The lowest BCUT2D eigenvalue weighted by atomic mass is 10.3. The molecule has 1 aromatic heterocycles. The second-order valence-electron chi connectivity index (χ2n) is 4.23. The van der Waals surface area contributed by atoms with Gasteiger partial charge in [0.1, 0.15) is 5.82 Å². The third kappa shape index (κ3) is 4.94. The van der Waals surface area contributed by atoms with Crippen LogP contribution >= 0.6 is 23.2 Å². The minimum Gasteiger partial charge on any atom is -0.369 e. The number of nitrogens with two attached hydrogens (primary N) is 1. The van der Waals surface area contributed by atoms with Gasteiger partial charge in [-0.2, -0.15) is 8.42 Å². The normalized spacial score (nSPS) is 11.8. The van der Waals surface area contributed by atoms with Crippen LogP contribution in [0.4, 0.5) is 5.82 Å². The highest BCUT2D eigenvalue weighted by molar-refractivity contribution is 7.87. The maximum Gasteiger partial charge on any atom is 0.274 e. The van der Waals surface area contributed by atoms with Crippen molar-refractivity contribution in [1.82, 2.24) is 14.7 Å². The van der Waals surface area contributed by atoms with E-state index in [2.05, 4.69) is 20.0 Å². The van der Waals surface area contributed by atoms with Crippen molar-refractivity contribution < 1.29 is 8.42 Å². The molecule has 0 fully saturated rings. The third-order valence-corrected chi connectivity index (χ3v) is 3.88. The Bertz CT molecular complexity index is 754. The molecule has 0 saturated heterocycles. The Morgan fingerprint density at radius 2 is 1.81 bits per heavy atom. The molecular weight excluding hydrogens is 337 g/mol. The SMILES string of the molecule is NS(=O)(=O)NCCCNc1cnc2cc(Cl)c(Cl)cc2n1. The first-order valence-electron chi connectivity index (χ1n) is 5.98. The number of aromatic nitrogens is 2. The molecule has 0 saturated carbocycles. The van der Waals surface area contributed by atoms with Crippen LogP contribution in [0.25, 0.3) is 11.0 Å². The van der Waals surface area contributed by atoms with Crippen molar-refractivity contribution in [3.05, 3.63) is 28.4 Å². The zero-order valence-electron chi connectivity index (χ0n) is 10.8. The molecule has 4 N–H and O–H groups in total. The topological polar surface area (TPSA) is 110 Å². The second kappa shape index (κ2) is 6.71. The van der Waals surface area contributed by atoms with Crippen molar-refractivity contribution in [2.45, 2.75) is 6.42 Å². The Morgan fingerprint density at radius 1 is 1.14 bits per heavy atom. The molecule has 1 heterocycles. The average Bonchev–Trinajstić information content (AvgIpc) is 2.38. The fraction of sp³-hybridized carbons (Fsp3) is 0.273. The highest BCUT2D eigenvalue weighted by Crippen LogP contribution is 2.26. The van der Waals surface area contributed by atoms with Gasteiger partial charge in [0, 0.05) is 13.1 Å². The first kappa shape index (κ1) is 16.2. The minimum absolute atomic E-state index is 0.244. The van der Waals surface area contributed by atoms with Crippen LogP contribution in [0.5, 0.6) is 0 Å². The Morgan fingerprint density at radius 3 is 2.48 bits per heavy atom. The van der Waals surface area contributed by atoms with Gasteiger partial charge in [-0.25, -0.2) is 14.8 Å². The lowest BCUT2D eigenvalue weighted by Crippen LogP contribution is -2.32. The van der Waals surface area contributed by atoms with E-state index in [1.807, 2.05) is 0 Å². The van der Waals surface area contributed by atoms with Gasteiger partial charge in [0.15, 0.2) is 0 Å². The van der Waals surface area contributed by atoms with E-state index in [1.165, 1.54) is 0 Å². The number of anilines is 1. The molecule has 0 aliphatic rings. The number of halogens is 2. The summed E-state index contributed by atoms with van der Waals surface area (Å²) in [5, 5.41) is 8.68. The first-order valence-corrected chi connectivity index (χ1v) is 8.28. The summed E-state index contributed by atoms with van der Waals surface area (Å²) >= 11 is 11.8. The largest absolute Gasteiger partial charge is 0.369 e. The van der Waals surface area contributed by atoms with Gasteiger partial charge in [-0.05, 0) is 18.6 Å². The quantitative estimate of drug-likeness (QED) is 0.685. The number of nitrogens with one attached hydrogen (secondary N) is 2. The predicted octanol–water partition coefficient (Wildman–Crippen LogP) is 1.53. The zero-order chi connectivity index (χ0) is 15.5. The molecule has 2 rings (SSSR count). The van der Waals surface area contributed by atoms with Crippen molar-refractivity contribution in [2.75, 3.05) is 18.4 Å². The van der Waals surface area contributed by atoms with Crippen LogP contribution in [0.1, 0.15) is 6.42 Å². The summed E-state index contributed by atoms with van der Waals surface area (Å²) in [7, 11) is -3.64. The Balaban J connectivity index is 1.95. The van der Waals surface area contributed by atoms with Crippen LogP contribution in [0, 0.1) is 0 Å². The molecule has 7 nitrogen and oxygen atoms in total. The van der Waals surface area contributed by atoms with Crippen molar-refractivity contribution in [3.63, 3.8) is 0 Å². The number of rotatable bonds is 6. The molecule has 0 radical (unpaired) electrons. The highest BCUT2D eigenvalue weighted by atomic mass is 35.5. The van der Waals surface area contributed by atoms with Crippen LogP contribution in [0.2, 0.25) is 10.0 Å². The lowest BCUT2D eigenvalue weighted by molar-refractivity contribution is 0.582. The van der Waals surface area contributed by atoms with Crippen molar-refractivity contribution in [3.8, 4) is 0 Å². The summed E-state index contributed by atoms with van der Waals surface area (Å²) in [6.45, 7) is 0.762. The fourth-order valence-electron chi connectivity index (χ4n) is 1.61. The highest BCUT2D eigenvalue weighted by Gasteiger charge is 2.05. The number of nitrogens with zero attached hydrogens (tertiary/aromatic N) is 2. The molecule has 0 atom stereocenters. The molecule has 10 heteroatoms. The van der Waals surface area contributed by atoms with Crippen LogP contribution in [-0.2, 0) is 10.2 Å². The Kier molecular flexibility index (Phi) is 5.17. The molecule has 0 unspecified atom stereocenters. The minimum atomic E-state index is -3.64. The van der Waals surface area contributed by atoms with E-state index in [9.17, 15) is 8.42 Å². The summed E-state index contributed by atoms with van der Waals surface area (Å²) in [6, 6.07) is 3.28. The van der Waals surface area contributed by atoms with Gasteiger partial charge >= 0.3 is 0 Å². The second-order valence-corrected chi connectivity index (χ2v) is 6.42. The molecule has 0 aliphatic heterocycles. The molecule has 21 heavy (non-hydrogen) atoms. The van der Waals surface area contributed by atoms with E-state index in [-0.39, 0.29) is 6.54 Å². The summed E-state index contributed by atoms with van der Waals surface area (Å²) in [6.07, 6.45) is 2.12.